The molecule has 0 aliphatic heterocycles. The largest absolute Gasteiger partial charge is 0.481 e. The molecule has 62 valence electrons. The maximum atomic E-state index is 4.98. The zero-order chi connectivity index (χ0) is 8.85. The lowest BCUT2D eigenvalue weighted by Crippen LogP contribution is -1.97. The van der Waals surface area contributed by atoms with E-state index in [0.29, 0.717) is 5.90 Å². The van der Waals surface area contributed by atoms with Gasteiger partial charge in [-0.2, -0.15) is 0 Å². The normalized spacial score (nSPS) is 10.7. The maximum absolute atomic E-state index is 4.98. The molecule has 0 bridgehead atoms. The molecule has 0 heterocycles. The van der Waals surface area contributed by atoms with Crippen molar-refractivity contribution in [3.8, 4) is 0 Å². The minimum absolute atomic E-state index is 0.609. The lowest BCUT2D eigenvalue weighted by atomic mass is 10.3. The Kier molecular flexibility index (Phi) is 4.27. The Labute approximate surface area is 68.3 Å². The smallest absolute Gasteiger partial charge is 0.213 e. The molecule has 0 unspecified atom stereocenters. The summed E-state index contributed by atoms with van der Waals surface area (Å²) < 4.78 is 4.98. The molecule has 0 N–H and O–H groups in total. The van der Waals surface area contributed by atoms with Crippen molar-refractivity contribution in [3.63, 3.8) is 0 Å². The second-order valence-corrected chi connectivity index (χ2v) is 2.61. The number of aliphatic imine (C=N–C) groups is 1. The third-order valence-corrected chi connectivity index (χ3v) is 0.922. The van der Waals surface area contributed by atoms with Gasteiger partial charge in [-0.15, -0.1) is 0 Å². The van der Waals surface area contributed by atoms with Gasteiger partial charge >= 0.3 is 0 Å². The number of methoxy groups -OCH3 is 1. The minimum Gasteiger partial charge on any atom is -0.481 e. The first-order chi connectivity index (χ1) is 5.06. The van der Waals surface area contributed by atoms with E-state index >= 15 is 0 Å². The van der Waals surface area contributed by atoms with Gasteiger partial charge in [-0.25, -0.2) is 4.99 Å². The number of hydrogen-bond acceptors (Lipinski definition) is 2. The Morgan fingerprint density at radius 3 is 2.18 bits per heavy atom. The van der Waals surface area contributed by atoms with Crippen LogP contribution in [0.25, 0.3) is 0 Å². The van der Waals surface area contributed by atoms with E-state index in [1.165, 1.54) is 0 Å². The number of nitrogens with zero attached hydrogens (tertiary/aromatic N) is 1. The fraction of sp³-hybridized carbons (Fsp3) is 0.444. The minimum atomic E-state index is 0.609. The summed E-state index contributed by atoms with van der Waals surface area (Å²) in [6.07, 6.45) is 1.87. The van der Waals surface area contributed by atoms with Crippen LogP contribution in [0.4, 0.5) is 0 Å². The van der Waals surface area contributed by atoms with Crippen molar-refractivity contribution >= 4 is 5.90 Å². The van der Waals surface area contributed by atoms with Crippen LogP contribution in [0, 0.1) is 0 Å². The Bertz CT molecular complexity index is 198. The molecular formula is C9H15NO. The summed E-state index contributed by atoms with van der Waals surface area (Å²) >= 11 is 0. The van der Waals surface area contributed by atoms with Crippen LogP contribution in [0.2, 0.25) is 0 Å². The standard InChI is InChI=1S/C9H15NO/c1-7(2)6-9(11-5)10-8(3)4/h6H,3H2,1-2,4-5H3. The predicted octanol–water partition coefficient (Wildman–Crippen LogP) is 2.53. The van der Waals surface area contributed by atoms with E-state index in [1.54, 1.807) is 7.11 Å². The highest BCUT2D eigenvalue weighted by atomic mass is 16.5. The van der Waals surface area contributed by atoms with Crippen molar-refractivity contribution in [2.75, 3.05) is 7.11 Å². The van der Waals surface area contributed by atoms with Crippen molar-refractivity contribution in [1.29, 1.82) is 0 Å². The lowest BCUT2D eigenvalue weighted by molar-refractivity contribution is 0.406. The van der Waals surface area contributed by atoms with Crippen molar-refractivity contribution in [1.82, 2.24) is 0 Å². The van der Waals surface area contributed by atoms with E-state index in [0.717, 1.165) is 11.3 Å². The van der Waals surface area contributed by atoms with E-state index in [-0.39, 0.29) is 0 Å². The first-order valence-corrected chi connectivity index (χ1v) is 3.49. The summed E-state index contributed by atoms with van der Waals surface area (Å²) in [5.41, 5.74) is 1.91. The van der Waals surface area contributed by atoms with Gasteiger partial charge in [-0.3, -0.25) is 0 Å². The van der Waals surface area contributed by atoms with Crippen LogP contribution >= 0.6 is 0 Å². The summed E-state index contributed by atoms with van der Waals surface area (Å²) in [7, 11) is 1.60. The molecule has 0 saturated carbocycles. The monoisotopic (exact) mass is 153 g/mol. The zero-order valence-electron chi connectivity index (χ0n) is 7.64. The van der Waals surface area contributed by atoms with Gasteiger partial charge in [-0.05, 0) is 26.8 Å². The Morgan fingerprint density at radius 1 is 1.36 bits per heavy atom. The molecule has 0 aliphatic carbocycles. The van der Waals surface area contributed by atoms with Gasteiger partial charge in [0.2, 0.25) is 5.90 Å². The third-order valence-electron chi connectivity index (χ3n) is 0.922. The summed E-state index contributed by atoms with van der Waals surface area (Å²) in [6.45, 7) is 9.47. The molecular weight excluding hydrogens is 138 g/mol. The molecule has 0 radical (unpaired) electrons. The van der Waals surface area contributed by atoms with Crippen LogP contribution in [0.1, 0.15) is 20.8 Å². The second kappa shape index (κ2) is 4.72. The first kappa shape index (κ1) is 9.95. The predicted molar refractivity (Wildman–Crippen MR) is 48.7 cm³/mol. The van der Waals surface area contributed by atoms with E-state index in [4.69, 9.17) is 4.74 Å². The van der Waals surface area contributed by atoms with Crippen LogP contribution < -0.4 is 0 Å². The zero-order valence-corrected chi connectivity index (χ0v) is 7.64. The first-order valence-electron chi connectivity index (χ1n) is 3.49. The molecule has 2 nitrogen and oxygen atoms in total. The van der Waals surface area contributed by atoms with Gasteiger partial charge in [0, 0.05) is 5.70 Å². The summed E-state index contributed by atoms with van der Waals surface area (Å²) in [6, 6.07) is 0. The van der Waals surface area contributed by atoms with Crippen molar-refractivity contribution in [2.24, 2.45) is 4.99 Å². The van der Waals surface area contributed by atoms with Crippen LogP contribution in [0.5, 0.6) is 0 Å². The van der Waals surface area contributed by atoms with Gasteiger partial charge in [0.1, 0.15) is 0 Å². The Balaban J connectivity index is 4.41. The van der Waals surface area contributed by atoms with Crippen molar-refractivity contribution in [2.45, 2.75) is 20.8 Å². The van der Waals surface area contributed by atoms with Gasteiger partial charge < -0.3 is 4.74 Å². The Hall–Kier alpha value is -1.05. The summed E-state index contributed by atoms with van der Waals surface area (Å²) in [5, 5.41) is 0. The van der Waals surface area contributed by atoms with Gasteiger partial charge in [0.25, 0.3) is 0 Å². The van der Waals surface area contributed by atoms with E-state index in [1.807, 2.05) is 26.8 Å². The van der Waals surface area contributed by atoms with Crippen LogP contribution in [-0.2, 0) is 4.74 Å². The fourth-order valence-corrected chi connectivity index (χ4v) is 0.572. The molecule has 0 rings (SSSR count). The Morgan fingerprint density at radius 2 is 1.91 bits per heavy atom. The van der Waals surface area contributed by atoms with Crippen molar-refractivity contribution < 1.29 is 4.74 Å². The van der Waals surface area contributed by atoms with E-state index in [9.17, 15) is 0 Å². The highest BCUT2D eigenvalue weighted by molar-refractivity contribution is 5.88. The van der Waals surface area contributed by atoms with Gasteiger partial charge in [0.15, 0.2) is 0 Å². The third kappa shape index (κ3) is 5.40. The quantitative estimate of drug-likeness (QED) is 0.441. The molecule has 0 aliphatic rings. The topological polar surface area (TPSA) is 21.6 Å². The average Bonchev–Trinajstić information content (AvgIpc) is 1.84. The van der Waals surface area contributed by atoms with E-state index in [2.05, 4.69) is 11.6 Å². The molecule has 0 saturated heterocycles. The highest BCUT2D eigenvalue weighted by Gasteiger charge is 1.91. The summed E-state index contributed by atoms with van der Waals surface area (Å²) in [5.74, 6) is 0.609. The molecule has 0 amide bonds. The molecule has 11 heavy (non-hydrogen) atoms. The number of allylic oxidation sites excluding steroid dienone is 2. The lowest BCUT2D eigenvalue weighted by Gasteiger charge is -1.99. The number of hydrogen-bond donors (Lipinski definition) is 0. The van der Waals surface area contributed by atoms with E-state index < -0.39 is 0 Å². The van der Waals surface area contributed by atoms with Crippen LogP contribution in [0.3, 0.4) is 0 Å². The van der Waals surface area contributed by atoms with Crippen molar-refractivity contribution in [3.05, 3.63) is 23.9 Å². The maximum Gasteiger partial charge on any atom is 0.213 e. The van der Waals surface area contributed by atoms with Gasteiger partial charge in [-0.1, -0.05) is 12.2 Å². The summed E-state index contributed by atoms with van der Waals surface area (Å²) in [4.78, 5) is 4.06. The van der Waals surface area contributed by atoms with Gasteiger partial charge in [0.05, 0.1) is 7.11 Å². The molecule has 0 fully saturated rings. The van der Waals surface area contributed by atoms with Crippen LogP contribution in [-0.4, -0.2) is 13.0 Å². The molecule has 0 atom stereocenters. The molecule has 0 aromatic heterocycles. The molecule has 0 aromatic rings. The number of rotatable bonds is 2. The highest BCUT2D eigenvalue weighted by Crippen LogP contribution is 1.96. The molecule has 2 heteroatoms. The number of ether oxygens (including phenoxy) is 1. The average molecular weight is 153 g/mol. The fourth-order valence-electron chi connectivity index (χ4n) is 0.572. The second-order valence-electron chi connectivity index (χ2n) is 2.61. The molecule has 0 aromatic carbocycles. The molecule has 0 spiro atoms. The SMILES string of the molecule is C=C(C)N=C(C=C(C)C)OC. The van der Waals surface area contributed by atoms with Crippen LogP contribution in [0.15, 0.2) is 28.9 Å².